The van der Waals surface area contributed by atoms with Gasteiger partial charge in [0.25, 0.3) is 5.91 Å². The Kier molecular flexibility index (Phi) is 6.61. The van der Waals surface area contributed by atoms with Crippen molar-refractivity contribution < 1.29 is 9.59 Å². The van der Waals surface area contributed by atoms with Gasteiger partial charge in [-0.2, -0.15) is 0 Å². The molecule has 2 N–H and O–H groups in total. The summed E-state index contributed by atoms with van der Waals surface area (Å²) in [5.41, 5.74) is 2.93. The van der Waals surface area contributed by atoms with E-state index in [1.54, 1.807) is 30.5 Å². The Labute approximate surface area is 186 Å². The zero-order chi connectivity index (χ0) is 22.5. The molecule has 0 bridgehead atoms. The molecule has 0 aliphatic carbocycles. The number of aryl methyl sites for hydroxylation is 1. The summed E-state index contributed by atoms with van der Waals surface area (Å²) in [4.78, 5) is 47.5. The van der Waals surface area contributed by atoms with Crippen LogP contribution in [0.4, 0.5) is 0 Å². The predicted octanol–water partition coefficient (Wildman–Crippen LogP) is 1.35. The molecule has 3 heterocycles. The van der Waals surface area contributed by atoms with E-state index >= 15 is 0 Å². The summed E-state index contributed by atoms with van der Waals surface area (Å²) in [7, 11) is 0. The fraction of sp³-hybridized carbons (Fsp3) is 0.333. The lowest BCUT2D eigenvalue weighted by molar-refractivity contribution is -0.132. The number of piperazine rings is 1. The van der Waals surface area contributed by atoms with Crippen molar-refractivity contribution in [2.45, 2.75) is 13.3 Å². The van der Waals surface area contributed by atoms with Crippen LogP contribution < -0.4 is 10.9 Å². The van der Waals surface area contributed by atoms with E-state index in [0.29, 0.717) is 31.7 Å². The Balaban J connectivity index is 1.24. The SMILES string of the molecule is Cc1cc(=O)[nH]c2ccc(CC(=O)N3CCN(CCNC(=O)c4ccccn4)CC3)cc12. The maximum atomic E-state index is 12.8. The summed E-state index contributed by atoms with van der Waals surface area (Å²) in [6.07, 6.45) is 1.94. The highest BCUT2D eigenvalue weighted by molar-refractivity contribution is 5.92. The lowest BCUT2D eigenvalue weighted by Crippen LogP contribution is -2.50. The first-order valence-electron chi connectivity index (χ1n) is 10.8. The first-order chi connectivity index (χ1) is 15.5. The highest BCUT2D eigenvalue weighted by atomic mass is 16.2. The van der Waals surface area contributed by atoms with Crippen molar-refractivity contribution in [2.24, 2.45) is 0 Å². The monoisotopic (exact) mass is 433 g/mol. The molecule has 0 atom stereocenters. The molecule has 4 rings (SSSR count). The molecular weight excluding hydrogens is 406 g/mol. The van der Waals surface area contributed by atoms with Crippen molar-refractivity contribution >= 4 is 22.7 Å². The number of amides is 2. The van der Waals surface area contributed by atoms with Gasteiger partial charge in [-0.05, 0) is 42.3 Å². The lowest BCUT2D eigenvalue weighted by atomic mass is 10.0. The van der Waals surface area contributed by atoms with Crippen LogP contribution in [-0.2, 0) is 11.2 Å². The Morgan fingerprint density at radius 2 is 1.91 bits per heavy atom. The molecule has 1 saturated heterocycles. The molecule has 0 radical (unpaired) electrons. The van der Waals surface area contributed by atoms with Crippen LogP contribution in [0.25, 0.3) is 10.9 Å². The maximum Gasteiger partial charge on any atom is 0.269 e. The zero-order valence-corrected chi connectivity index (χ0v) is 18.1. The van der Waals surface area contributed by atoms with Crippen LogP contribution >= 0.6 is 0 Å². The number of nitrogens with one attached hydrogen (secondary N) is 2. The maximum absolute atomic E-state index is 12.8. The number of aromatic nitrogens is 2. The average molecular weight is 434 g/mol. The quantitative estimate of drug-likeness (QED) is 0.612. The van der Waals surface area contributed by atoms with Crippen LogP contribution in [0.2, 0.25) is 0 Å². The molecule has 3 aromatic rings. The fourth-order valence-corrected chi connectivity index (χ4v) is 4.00. The van der Waals surface area contributed by atoms with Gasteiger partial charge in [-0.15, -0.1) is 0 Å². The van der Waals surface area contributed by atoms with Crippen LogP contribution in [0.15, 0.2) is 53.5 Å². The van der Waals surface area contributed by atoms with Gasteiger partial charge in [0.15, 0.2) is 0 Å². The third-order valence-electron chi connectivity index (χ3n) is 5.81. The highest BCUT2D eigenvalue weighted by Gasteiger charge is 2.21. The van der Waals surface area contributed by atoms with Crippen molar-refractivity contribution in [1.82, 2.24) is 25.1 Å². The molecule has 0 saturated carbocycles. The van der Waals surface area contributed by atoms with Crippen molar-refractivity contribution in [1.29, 1.82) is 0 Å². The number of hydrogen-bond acceptors (Lipinski definition) is 5. The number of pyridine rings is 2. The fourth-order valence-electron chi connectivity index (χ4n) is 4.00. The second kappa shape index (κ2) is 9.74. The summed E-state index contributed by atoms with van der Waals surface area (Å²) in [5.74, 6) is -0.0661. The average Bonchev–Trinajstić information content (AvgIpc) is 2.80. The Morgan fingerprint density at radius 3 is 2.66 bits per heavy atom. The molecular formula is C24H27N5O3. The number of fused-ring (bicyclic) bond motifs is 1. The molecule has 8 nitrogen and oxygen atoms in total. The van der Waals surface area contributed by atoms with Gasteiger partial charge >= 0.3 is 0 Å². The van der Waals surface area contributed by atoms with Crippen LogP contribution in [0.1, 0.15) is 21.6 Å². The molecule has 1 fully saturated rings. The summed E-state index contributed by atoms with van der Waals surface area (Å²) >= 11 is 0. The third-order valence-corrected chi connectivity index (χ3v) is 5.81. The highest BCUT2D eigenvalue weighted by Crippen LogP contribution is 2.17. The number of H-pyrrole nitrogens is 1. The molecule has 2 aromatic heterocycles. The Morgan fingerprint density at radius 1 is 1.09 bits per heavy atom. The minimum absolute atomic E-state index is 0.106. The summed E-state index contributed by atoms with van der Waals surface area (Å²) in [6.45, 7) is 6.10. The van der Waals surface area contributed by atoms with Crippen molar-refractivity contribution in [3.8, 4) is 0 Å². The molecule has 32 heavy (non-hydrogen) atoms. The number of aromatic amines is 1. The van der Waals surface area contributed by atoms with Gasteiger partial charge in [0, 0.05) is 62.4 Å². The van der Waals surface area contributed by atoms with E-state index in [9.17, 15) is 14.4 Å². The molecule has 1 aliphatic rings. The number of carbonyl (C=O) groups is 2. The minimum atomic E-state index is -0.172. The molecule has 1 aliphatic heterocycles. The van der Waals surface area contributed by atoms with Crippen LogP contribution in [0, 0.1) is 6.92 Å². The summed E-state index contributed by atoms with van der Waals surface area (Å²) in [5, 5.41) is 3.85. The van der Waals surface area contributed by atoms with Crippen LogP contribution in [0.5, 0.6) is 0 Å². The van der Waals surface area contributed by atoms with E-state index in [1.807, 2.05) is 30.0 Å². The Hall–Kier alpha value is -3.52. The molecule has 0 unspecified atom stereocenters. The number of carbonyl (C=O) groups excluding carboxylic acids is 2. The van der Waals surface area contributed by atoms with E-state index in [1.165, 1.54) is 0 Å². The molecule has 1 aromatic carbocycles. The first-order valence-corrected chi connectivity index (χ1v) is 10.8. The number of rotatable bonds is 6. The predicted molar refractivity (Wildman–Crippen MR) is 123 cm³/mol. The van der Waals surface area contributed by atoms with E-state index in [0.717, 1.165) is 41.7 Å². The van der Waals surface area contributed by atoms with E-state index in [2.05, 4.69) is 20.2 Å². The van der Waals surface area contributed by atoms with E-state index in [-0.39, 0.29) is 17.4 Å². The first kappa shape index (κ1) is 21.7. The third kappa shape index (κ3) is 5.20. The van der Waals surface area contributed by atoms with Crippen molar-refractivity contribution in [3.63, 3.8) is 0 Å². The van der Waals surface area contributed by atoms with Gasteiger partial charge in [0.1, 0.15) is 5.69 Å². The lowest BCUT2D eigenvalue weighted by Gasteiger charge is -2.34. The summed E-state index contributed by atoms with van der Waals surface area (Å²) in [6, 6.07) is 12.6. The number of hydrogen-bond donors (Lipinski definition) is 2. The molecule has 8 heteroatoms. The number of nitrogens with zero attached hydrogens (tertiary/aromatic N) is 3. The van der Waals surface area contributed by atoms with Crippen molar-refractivity contribution in [3.05, 3.63) is 75.8 Å². The molecule has 0 spiro atoms. The second-order valence-corrected chi connectivity index (χ2v) is 8.07. The van der Waals surface area contributed by atoms with Gasteiger partial charge in [-0.25, -0.2) is 0 Å². The second-order valence-electron chi connectivity index (χ2n) is 8.07. The van der Waals surface area contributed by atoms with Gasteiger partial charge in [0.2, 0.25) is 11.5 Å². The van der Waals surface area contributed by atoms with Crippen LogP contribution in [0.3, 0.4) is 0 Å². The summed E-state index contributed by atoms with van der Waals surface area (Å²) < 4.78 is 0. The van der Waals surface area contributed by atoms with Crippen molar-refractivity contribution in [2.75, 3.05) is 39.3 Å². The van der Waals surface area contributed by atoms with Gasteiger partial charge in [0.05, 0.1) is 6.42 Å². The topological polar surface area (TPSA) is 98.4 Å². The van der Waals surface area contributed by atoms with Gasteiger partial charge < -0.3 is 15.2 Å². The molecule has 2 amide bonds. The van der Waals surface area contributed by atoms with Gasteiger partial charge in [-0.3, -0.25) is 24.3 Å². The number of benzene rings is 1. The van der Waals surface area contributed by atoms with Gasteiger partial charge in [-0.1, -0.05) is 12.1 Å². The minimum Gasteiger partial charge on any atom is -0.349 e. The molecule has 166 valence electrons. The van der Waals surface area contributed by atoms with Crippen LogP contribution in [-0.4, -0.2) is 70.9 Å². The smallest absolute Gasteiger partial charge is 0.269 e. The standard InChI is InChI=1S/C24H27N5O3/c1-17-14-22(30)27-20-6-5-18(15-19(17)20)16-23(31)29-12-10-28(11-13-29)9-8-26-24(32)21-4-2-3-7-25-21/h2-7,14-15H,8-13,16H2,1H3,(H,26,32)(H,27,30). The Bertz CT molecular complexity index is 1170. The largest absolute Gasteiger partial charge is 0.349 e. The zero-order valence-electron chi connectivity index (χ0n) is 18.1. The van der Waals surface area contributed by atoms with E-state index in [4.69, 9.17) is 0 Å². The normalized spacial score (nSPS) is 14.5. The van der Waals surface area contributed by atoms with E-state index < -0.39 is 0 Å².